The van der Waals surface area contributed by atoms with Crippen molar-refractivity contribution < 1.29 is 8.78 Å². The number of alkyl halides is 2. The summed E-state index contributed by atoms with van der Waals surface area (Å²) in [4.78, 5) is 15.2. The van der Waals surface area contributed by atoms with Crippen molar-refractivity contribution in [2.75, 3.05) is 18.0 Å². The molecule has 7 nitrogen and oxygen atoms in total. The van der Waals surface area contributed by atoms with E-state index in [0.29, 0.717) is 24.4 Å². The number of fused-ring (bicyclic) bond motifs is 2. The molecule has 0 saturated carbocycles. The van der Waals surface area contributed by atoms with Crippen molar-refractivity contribution in [3.05, 3.63) is 41.0 Å². The Labute approximate surface area is 191 Å². The van der Waals surface area contributed by atoms with Gasteiger partial charge in [-0.1, -0.05) is 12.0 Å². The van der Waals surface area contributed by atoms with Crippen molar-refractivity contribution in [2.24, 2.45) is 16.6 Å². The van der Waals surface area contributed by atoms with Gasteiger partial charge in [-0.2, -0.15) is 5.10 Å². The van der Waals surface area contributed by atoms with Crippen LogP contribution in [0.5, 0.6) is 0 Å². The first-order valence-electron chi connectivity index (χ1n) is 11.2. The molecule has 0 unspecified atom stereocenters. The number of aromatic amines is 1. The highest BCUT2D eigenvalue weighted by molar-refractivity contribution is 5.78. The lowest BCUT2D eigenvalue weighted by molar-refractivity contribution is 0.145. The van der Waals surface area contributed by atoms with Crippen LogP contribution in [0.2, 0.25) is 0 Å². The maximum Gasteiger partial charge on any atom is 0.284 e. The molecule has 0 aromatic carbocycles. The Morgan fingerprint density at radius 3 is 2.67 bits per heavy atom. The topological polar surface area (TPSA) is 96.6 Å². The number of H-pyrrole nitrogens is 1. The van der Waals surface area contributed by atoms with E-state index in [1.54, 1.807) is 6.20 Å². The van der Waals surface area contributed by atoms with Gasteiger partial charge < -0.3 is 10.6 Å². The average molecular weight is 452 g/mol. The van der Waals surface area contributed by atoms with E-state index in [2.05, 4.69) is 37.0 Å². The molecule has 9 heteroatoms. The van der Waals surface area contributed by atoms with Crippen molar-refractivity contribution in [1.29, 1.82) is 0 Å². The molecule has 172 valence electrons. The van der Waals surface area contributed by atoms with Gasteiger partial charge in [0.25, 0.3) is 6.43 Å². The molecule has 1 atom stereocenters. The zero-order valence-electron chi connectivity index (χ0n) is 19.0. The first-order chi connectivity index (χ1) is 15.7. The van der Waals surface area contributed by atoms with E-state index in [1.807, 2.05) is 37.8 Å². The molecular weight excluding hydrogens is 424 g/mol. The summed E-state index contributed by atoms with van der Waals surface area (Å²) in [6, 6.07) is 3.86. The summed E-state index contributed by atoms with van der Waals surface area (Å²) in [6.07, 6.45) is 1.41. The summed E-state index contributed by atoms with van der Waals surface area (Å²) in [5.41, 5.74) is 9.07. The van der Waals surface area contributed by atoms with Gasteiger partial charge in [0.1, 0.15) is 11.2 Å². The number of hydrogen-bond acceptors (Lipinski definition) is 6. The fraction of sp³-hybridized carbons (Fsp3) is 0.500. The number of rotatable bonds is 2. The third kappa shape index (κ3) is 3.82. The third-order valence-electron chi connectivity index (χ3n) is 6.66. The minimum absolute atomic E-state index is 0.0944. The minimum Gasteiger partial charge on any atom is -0.355 e. The second-order valence-corrected chi connectivity index (χ2v) is 10.0. The molecule has 4 heterocycles. The number of nitrogens with zero attached hydrogens (tertiary/aromatic N) is 5. The van der Waals surface area contributed by atoms with E-state index < -0.39 is 6.43 Å². The largest absolute Gasteiger partial charge is 0.355 e. The van der Waals surface area contributed by atoms with Crippen LogP contribution in [0.25, 0.3) is 11.2 Å². The summed E-state index contributed by atoms with van der Waals surface area (Å²) >= 11 is 0. The Kier molecular flexibility index (Phi) is 5.09. The standard InChI is InChI=1S/C24H27F2N7/c1-23(2,3)7-6-15-17-21(32-31-15)30-22(18(29-17)20(25)26)33-11-8-24(9-12-33)13-16-14(19(24)27)5-4-10-28-16/h4-5,10,19-20H,8-9,11-13,27H2,1-3H3,(H,30,31,32)/t19-/m1/s1. The van der Waals surface area contributed by atoms with Gasteiger partial charge in [-0.05, 0) is 63.0 Å². The van der Waals surface area contributed by atoms with Gasteiger partial charge in [-0.3, -0.25) is 10.1 Å². The molecule has 2 aliphatic rings. The first kappa shape index (κ1) is 21.7. The minimum atomic E-state index is -2.76. The van der Waals surface area contributed by atoms with Crippen LogP contribution in [-0.2, 0) is 6.42 Å². The normalized spacial score (nSPS) is 19.7. The highest BCUT2D eigenvalue weighted by Gasteiger charge is 2.47. The van der Waals surface area contributed by atoms with Crippen LogP contribution >= 0.6 is 0 Å². The van der Waals surface area contributed by atoms with Crippen LogP contribution in [0.3, 0.4) is 0 Å². The SMILES string of the molecule is CC(C)(C)C#Cc1n[nH]c2nc(N3CCC4(CC3)Cc3ncccc3[C@H]4N)c(C(F)F)nc12. The van der Waals surface area contributed by atoms with Crippen LogP contribution in [0.1, 0.15) is 68.7 Å². The van der Waals surface area contributed by atoms with E-state index in [1.165, 1.54) is 0 Å². The number of hydrogen-bond donors (Lipinski definition) is 2. The lowest BCUT2D eigenvalue weighted by atomic mass is 9.73. The van der Waals surface area contributed by atoms with Crippen molar-refractivity contribution in [2.45, 2.75) is 52.5 Å². The highest BCUT2D eigenvalue weighted by Crippen LogP contribution is 2.50. The van der Waals surface area contributed by atoms with Crippen LogP contribution in [0, 0.1) is 22.7 Å². The molecule has 33 heavy (non-hydrogen) atoms. The Morgan fingerprint density at radius 1 is 1.24 bits per heavy atom. The van der Waals surface area contributed by atoms with Crippen LogP contribution in [-0.4, -0.2) is 38.2 Å². The molecular formula is C24H27F2N7. The monoisotopic (exact) mass is 451 g/mol. The molecule has 0 amide bonds. The molecule has 1 fully saturated rings. The molecule has 1 aliphatic carbocycles. The van der Waals surface area contributed by atoms with Crippen molar-refractivity contribution >= 4 is 17.0 Å². The summed E-state index contributed by atoms with van der Waals surface area (Å²) < 4.78 is 28.1. The summed E-state index contributed by atoms with van der Waals surface area (Å²) in [5.74, 6) is 6.22. The summed E-state index contributed by atoms with van der Waals surface area (Å²) in [7, 11) is 0. The predicted molar refractivity (Wildman–Crippen MR) is 122 cm³/mol. The van der Waals surface area contributed by atoms with Gasteiger partial charge in [0.2, 0.25) is 0 Å². The fourth-order valence-corrected chi connectivity index (χ4v) is 4.86. The Balaban J connectivity index is 1.44. The maximum absolute atomic E-state index is 14.0. The zero-order valence-corrected chi connectivity index (χ0v) is 19.0. The van der Waals surface area contributed by atoms with E-state index >= 15 is 0 Å². The fourth-order valence-electron chi connectivity index (χ4n) is 4.86. The van der Waals surface area contributed by atoms with Gasteiger partial charge in [-0.25, -0.2) is 18.7 Å². The molecule has 5 rings (SSSR count). The van der Waals surface area contributed by atoms with Gasteiger partial charge >= 0.3 is 0 Å². The Hall–Kier alpha value is -3.12. The van der Waals surface area contributed by atoms with Crippen molar-refractivity contribution in [3.63, 3.8) is 0 Å². The number of nitrogens with one attached hydrogen (secondary N) is 1. The maximum atomic E-state index is 14.0. The molecule has 0 radical (unpaired) electrons. The predicted octanol–water partition coefficient (Wildman–Crippen LogP) is 3.93. The molecule has 1 spiro atoms. The molecule has 3 aromatic rings. The summed E-state index contributed by atoms with van der Waals surface area (Å²) in [6.45, 7) is 7.06. The van der Waals surface area contributed by atoms with Crippen LogP contribution in [0.4, 0.5) is 14.6 Å². The number of nitrogens with two attached hydrogens (primary N) is 1. The van der Waals surface area contributed by atoms with Crippen LogP contribution in [0.15, 0.2) is 18.3 Å². The molecule has 3 aromatic heterocycles. The molecule has 0 bridgehead atoms. The number of pyridine rings is 1. The molecule has 3 N–H and O–H groups in total. The first-order valence-corrected chi connectivity index (χ1v) is 11.2. The number of aromatic nitrogens is 5. The van der Waals surface area contributed by atoms with E-state index in [4.69, 9.17) is 5.73 Å². The number of halogens is 2. The highest BCUT2D eigenvalue weighted by atomic mass is 19.3. The Morgan fingerprint density at radius 2 is 2.00 bits per heavy atom. The van der Waals surface area contributed by atoms with Crippen molar-refractivity contribution in [3.8, 4) is 11.8 Å². The van der Waals surface area contributed by atoms with E-state index in [-0.39, 0.29) is 33.9 Å². The second kappa shape index (κ2) is 7.73. The van der Waals surface area contributed by atoms with E-state index in [0.717, 1.165) is 30.5 Å². The van der Waals surface area contributed by atoms with Gasteiger partial charge in [-0.15, -0.1) is 0 Å². The van der Waals surface area contributed by atoms with E-state index in [9.17, 15) is 8.78 Å². The lowest BCUT2D eigenvalue weighted by Crippen LogP contribution is -2.45. The van der Waals surface area contributed by atoms with Crippen LogP contribution < -0.4 is 10.6 Å². The lowest BCUT2D eigenvalue weighted by Gasteiger charge is -2.42. The molecule has 1 saturated heterocycles. The second-order valence-electron chi connectivity index (χ2n) is 10.0. The number of piperidine rings is 1. The van der Waals surface area contributed by atoms with Crippen molar-refractivity contribution in [1.82, 2.24) is 25.1 Å². The van der Waals surface area contributed by atoms with Gasteiger partial charge in [0.15, 0.2) is 17.2 Å². The van der Waals surface area contributed by atoms with Gasteiger partial charge in [0, 0.05) is 36.4 Å². The quantitative estimate of drug-likeness (QED) is 0.573. The zero-order chi connectivity index (χ0) is 23.4. The van der Waals surface area contributed by atoms with Gasteiger partial charge in [0.05, 0.1) is 0 Å². The summed E-state index contributed by atoms with van der Waals surface area (Å²) in [5, 5.41) is 6.98. The molecule has 1 aliphatic heterocycles. The third-order valence-corrected chi connectivity index (χ3v) is 6.66. The number of anilines is 1. The average Bonchev–Trinajstić information content (AvgIpc) is 3.30. The Bertz CT molecular complexity index is 1260. The smallest absolute Gasteiger partial charge is 0.284 e.